The molecule has 0 saturated heterocycles. The molecule has 1 rings (SSSR count). The van der Waals surface area contributed by atoms with E-state index in [1.165, 1.54) is 24.3 Å². The molecule has 1 aromatic carbocycles. The molecule has 0 bridgehead atoms. The zero-order valence-corrected chi connectivity index (χ0v) is 16.9. The summed E-state index contributed by atoms with van der Waals surface area (Å²) in [5, 5.41) is 0. The second-order valence-corrected chi connectivity index (χ2v) is 7.17. The van der Waals surface area contributed by atoms with E-state index in [9.17, 15) is 61.9 Å². The minimum absolute atomic E-state index is 0.00652. The molecule has 196 valence electrons. The van der Waals surface area contributed by atoms with Crippen LogP contribution in [0.3, 0.4) is 0 Å². The molecule has 0 amide bonds. The molecule has 15 heteroatoms. The number of esters is 1. The molecule has 34 heavy (non-hydrogen) atoms. The van der Waals surface area contributed by atoms with Gasteiger partial charge in [-0.2, -0.15) is 57.1 Å². The predicted octanol–water partition coefficient (Wildman–Crippen LogP) is 7.53. The minimum Gasteiger partial charge on any atom is -0.462 e. The second-order valence-electron chi connectivity index (χ2n) is 7.17. The summed E-state index contributed by atoms with van der Waals surface area (Å²) < 4.78 is 174. The fourth-order valence-electron chi connectivity index (χ4n) is 2.58. The highest BCUT2D eigenvalue weighted by Crippen LogP contribution is 2.60. The molecular weight excluding hydrogens is 507 g/mol. The Labute approximate surface area is 184 Å². The maximum absolute atomic E-state index is 13.6. The predicted molar refractivity (Wildman–Crippen MR) is 90.6 cm³/mol. The third-order valence-electron chi connectivity index (χ3n) is 4.63. The van der Waals surface area contributed by atoms with Gasteiger partial charge in [-0.05, 0) is 25.0 Å². The Kier molecular flexibility index (Phi) is 8.93. The summed E-state index contributed by atoms with van der Waals surface area (Å²) in [5.41, 5.74) is 0.193. The van der Waals surface area contributed by atoms with Crippen molar-refractivity contribution in [1.82, 2.24) is 0 Å². The summed E-state index contributed by atoms with van der Waals surface area (Å²) in [6.45, 7) is -0.239. The van der Waals surface area contributed by atoms with E-state index in [1.54, 1.807) is 6.07 Å². The molecule has 0 heterocycles. The first-order valence-corrected chi connectivity index (χ1v) is 9.42. The molecule has 0 fully saturated rings. The zero-order chi connectivity index (χ0) is 26.6. The molecule has 0 aliphatic carbocycles. The Bertz CT molecular complexity index is 804. The van der Waals surface area contributed by atoms with Crippen molar-refractivity contribution < 1.29 is 66.6 Å². The van der Waals surface area contributed by atoms with Gasteiger partial charge < -0.3 is 4.74 Å². The third kappa shape index (κ3) is 5.70. The Morgan fingerprint density at radius 1 is 0.618 bits per heavy atom. The van der Waals surface area contributed by atoms with Crippen LogP contribution in [0.2, 0.25) is 0 Å². The van der Waals surface area contributed by atoms with Gasteiger partial charge in [-0.1, -0.05) is 31.0 Å². The first-order valence-electron chi connectivity index (χ1n) is 9.42. The van der Waals surface area contributed by atoms with Gasteiger partial charge in [0, 0.05) is 6.42 Å². The lowest BCUT2D eigenvalue weighted by Gasteiger charge is -2.39. The number of halogens is 13. The molecule has 0 aliphatic rings. The summed E-state index contributed by atoms with van der Waals surface area (Å²) in [4.78, 5) is 11.6. The number of hydrogen-bond acceptors (Lipinski definition) is 2. The Morgan fingerprint density at radius 3 is 1.59 bits per heavy atom. The topological polar surface area (TPSA) is 26.3 Å². The molecule has 1 aromatic rings. The fraction of sp³-hybridized carbons (Fsp3) is 0.632. The number of carbonyl (C=O) groups is 1. The number of ether oxygens (including phenoxy) is 1. The van der Waals surface area contributed by atoms with Crippen LogP contribution in [0, 0.1) is 0 Å². The normalized spacial score (nSPS) is 14.3. The molecule has 0 spiro atoms. The summed E-state index contributed by atoms with van der Waals surface area (Å²) >= 11 is 0. The monoisotopic (exact) mass is 524 g/mol. The molecule has 0 radical (unpaired) electrons. The Morgan fingerprint density at radius 2 is 1.09 bits per heavy atom. The van der Waals surface area contributed by atoms with E-state index >= 15 is 0 Å². The van der Waals surface area contributed by atoms with Crippen LogP contribution in [0.4, 0.5) is 57.1 Å². The summed E-state index contributed by atoms with van der Waals surface area (Å²) in [5.74, 6) is -37.4. The highest BCUT2D eigenvalue weighted by atomic mass is 19.4. The molecule has 0 saturated carbocycles. The van der Waals surface area contributed by atoms with Crippen molar-refractivity contribution in [3.05, 3.63) is 35.9 Å². The van der Waals surface area contributed by atoms with Crippen LogP contribution < -0.4 is 0 Å². The first kappa shape index (κ1) is 29.8. The van der Waals surface area contributed by atoms with E-state index in [2.05, 4.69) is 0 Å². The third-order valence-corrected chi connectivity index (χ3v) is 4.63. The van der Waals surface area contributed by atoms with Crippen molar-refractivity contribution >= 4 is 5.97 Å². The number of alkyl halides is 13. The first-order chi connectivity index (χ1) is 15.2. The lowest BCUT2D eigenvalue weighted by molar-refractivity contribution is -0.440. The second kappa shape index (κ2) is 10.2. The lowest BCUT2D eigenvalue weighted by atomic mass is 9.91. The maximum atomic E-state index is 13.6. The molecule has 0 aromatic heterocycles. The quantitative estimate of drug-likeness (QED) is 0.161. The minimum atomic E-state index is -7.88. The highest BCUT2D eigenvalue weighted by Gasteiger charge is 2.90. The van der Waals surface area contributed by atoms with Crippen molar-refractivity contribution in [2.75, 3.05) is 6.61 Å². The van der Waals surface area contributed by atoms with E-state index in [-0.39, 0.29) is 25.0 Å². The van der Waals surface area contributed by atoms with Gasteiger partial charge in [0.15, 0.2) is 0 Å². The van der Waals surface area contributed by atoms with Crippen LogP contribution in [0.15, 0.2) is 30.3 Å². The van der Waals surface area contributed by atoms with E-state index in [1.807, 2.05) is 0 Å². The van der Waals surface area contributed by atoms with Gasteiger partial charge in [0.2, 0.25) is 0 Å². The molecule has 0 N–H and O–H groups in total. The number of carbonyl (C=O) groups excluding carboxylic acids is 1. The number of rotatable bonds is 12. The number of benzene rings is 1. The highest BCUT2D eigenvalue weighted by molar-refractivity contribution is 5.89. The molecule has 0 atom stereocenters. The van der Waals surface area contributed by atoms with E-state index < -0.39 is 61.0 Å². The van der Waals surface area contributed by atoms with Crippen molar-refractivity contribution in [2.45, 2.75) is 67.9 Å². The zero-order valence-electron chi connectivity index (χ0n) is 16.9. The fourth-order valence-corrected chi connectivity index (χ4v) is 2.58. The molecular formula is C19H17F13O2. The van der Waals surface area contributed by atoms with Crippen molar-refractivity contribution in [2.24, 2.45) is 0 Å². The molecule has 0 aliphatic heterocycles. The van der Waals surface area contributed by atoms with Gasteiger partial charge in [-0.3, -0.25) is 0 Å². The largest absolute Gasteiger partial charge is 0.462 e. The van der Waals surface area contributed by atoms with Gasteiger partial charge in [0.25, 0.3) is 0 Å². The average Bonchev–Trinajstić information content (AvgIpc) is 2.72. The van der Waals surface area contributed by atoms with Gasteiger partial charge >= 0.3 is 41.8 Å². The van der Waals surface area contributed by atoms with Gasteiger partial charge in [-0.15, -0.1) is 0 Å². The van der Waals surface area contributed by atoms with Crippen LogP contribution in [-0.4, -0.2) is 48.4 Å². The summed E-state index contributed by atoms with van der Waals surface area (Å²) in [6.07, 6.45) is -11.1. The van der Waals surface area contributed by atoms with E-state index in [0.717, 1.165) is 0 Å². The van der Waals surface area contributed by atoms with Gasteiger partial charge in [0.05, 0.1) is 12.2 Å². The Balaban J connectivity index is 2.66. The van der Waals surface area contributed by atoms with E-state index in [0.29, 0.717) is 0 Å². The van der Waals surface area contributed by atoms with Gasteiger partial charge in [0.1, 0.15) is 0 Å². The van der Waals surface area contributed by atoms with E-state index in [4.69, 9.17) is 4.74 Å². The van der Waals surface area contributed by atoms with Crippen molar-refractivity contribution in [3.63, 3.8) is 0 Å². The van der Waals surface area contributed by atoms with Crippen LogP contribution in [0.25, 0.3) is 0 Å². The number of unbranched alkanes of at least 4 members (excludes halogenated alkanes) is 3. The standard InChI is InChI=1S/C19H17F13O2/c20-14(21,10-6-1-2-7-11-34-13(33)12-8-4-3-5-9-12)15(22,23)16(24,25)17(26,27)18(28,29)19(30,31)32/h3-5,8-9H,1-2,6-7,10-11H2. The smallest absolute Gasteiger partial charge is 0.460 e. The van der Waals surface area contributed by atoms with Crippen LogP contribution >= 0.6 is 0 Å². The van der Waals surface area contributed by atoms with Gasteiger partial charge in [-0.25, -0.2) is 4.79 Å². The van der Waals surface area contributed by atoms with Crippen LogP contribution in [-0.2, 0) is 4.74 Å². The molecule has 0 unspecified atom stereocenters. The molecule has 2 nitrogen and oxygen atoms in total. The van der Waals surface area contributed by atoms with Crippen molar-refractivity contribution in [1.29, 1.82) is 0 Å². The van der Waals surface area contributed by atoms with Crippen LogP contribution in [0.5, 0.6) is 0 Å². The average molecular weight is 524 g/mol. The van der Waals surface area contributed by atoms with Crippen LogP contribution in [0.1, 0.15) is 42.5 Å². The SMILES string of the molecule is O=C(OCCCCCCC(F)(F)C(F)(F)C(F)(F)C(F)(F)C(F)(F)C(F)(F)F)c1ccccc1. The summed E-state index contributed by atoms with van der Waals surface area (Å²) in [6, 6.07) is 7.55. The maximum Gasteiger partial charge on any atom is 0.460 e. The Hall–Kier alpha value is -2.22. The number of hydrogen-bond donors (Lipinski definition) is 0. The lowest BCUT2D eigenvalue weighted by Crippen LogP contribution is -2.70. The van der Waals surface area contributed by atoms with Crippen molar-refractivity contribution in [3.8, 4) is 0 Å². The summed E-state index contributed by atoms with van der Waals surface area (Å²) in [7, 11) is 0.